The number of rotatable bonds is 7. The van der Waals surface area contributed by atoms with Gasteiger partial charge in [-0.3, -0.25) is 14.4 Å². The van der Waals surface area contributed by atoms with Gasteiger partial charge in [-0.05, 0) is 12.5 Å². The van der Waals surface area contributed by atoms with Crippen LogP contribution in [0.2, 0.25) is 0 Å². The summed E-state index contributed by atoms with van der Waals surface area (Å²) >= 11 is 0. The molecular weight excluding hydrogens is 286 g/mol. The first-order valence-electron chi connectivity index (χ1n) is 6.88. The molecule has 0 aliphatic carbocycles. The van der Waals surface area contributed by atoms with E-state index >= 15 is 0 Å². The smallest absolute Gasteiger partial charge is 0.325 e. The third-order valence-electron chi connectivity index (χ3n) is 2.96. The van der Waals surface area contributed by atoms with Crippen molar-refractivity contribution in [2.45, 2.75) is 25.4 Å². The first-order chi connectivity index (χ1) is 10.4. The van der Waals surface area contributed by atoms with Crippen molar-refractivity contribution in [3.05, 3.63) is 35.9 Å². The monoisotopic (exact) mass is 307 g/mol. The number of hydrogen-bond donors (Lipinski definition) is 3. The molecule has 0 heterocycles. The van der Waals surface area contributed by atoms with Crippen LogP contribution < -0.4 is 16.4 Å². The van der Waals surface area contributed by atoms with Gasteiger partial charge in [-0.2, -0.15) is 0 Å². The van der Waals surface area contributed by atoms with Crippen molar-refractivity contribution >= 4 is 17.8 Å². The highest BCUT2D eigenvalue weighted by Crippen LogP contribution is 2.04. The summed E-state index contributed by atoms with van der Waals surface area (Å²) < 4.78 is 4.46. The fourth-order valence-electron chi connectivity index (χ4n) is 1.72. The first-order valence-corrected chi connectivity index (χ1v) is 6.88. The summed E-state index contributed by atoms with van der Waals surface area (Å²) in [6, 6.07) is 7.68. The van der Waals surface area contributed by atoms with Crippen molar-refractivity contribution in [2.24, 2.45) is 5.73 Å². The minimum absolute atomic E-state index is 0.255. The van der Waals surface area contributed by atoms with E-state index in [0.29, 0.717) is 6.42 Å². The number of nitrogens with two attached hydrogens (primary N) is 1. The van der Waals surface area contributed by atoms with Crippen LogP contribution in [-0.4, -0.2) is 43.5 Å². The normalized spacial score (nSPS) is 12.9. The van der Waals surface area contributed by atoms with Crippen LogP contribution in [0.3, 0.4) is 0 Å². The lowest BCUT2D eigenvalue weighted by Crippen LogP contribution is -2.52. The molecule has 0 aromatic heterocycles. The quantitative estimate of drug-likeness (QED) is 0.580. The first kappa shape index (κ1) is 17.6. The molecule has 1 aromatic carbocycles. The molecule has 7 heteroatoms. The van der Waals surface area contributed by atoms with Crippen LogP contribution in [-0.2, 0) is 25.5 Å². The van der Waals surface area contributed by atoms with Crippen LogP contribution >= 0.6 is 0 Å². The highest BCUT2D eigenvalue weighted by molar-refractivity contribution is 5.91. The van der Waals surface area contributed by atoms with E-state index in [-0.39, 0.29) is 6.54 Å². The van der Waals surface area contributed by atoms with Crippen molar-refractivity contribution in [1.82, 2.24) is 10.6 Å². The van der Waals surface area contributed by atoms with Gasteiger partial charge >= 0.3 is 5.97 Å². The maximum atomic E-state index is 12.2. The minimum atomic E-state index is -0.814. The standard InChI is InChI=1S/C15H21N3O4/c1-10(16)14(20)18-12(8-11-6-4-3-5-7-11)15(21)17-9-13(19)22-2/h3-7,10,12H,8-9,16H2,1-2H3,(H,17,21)(H,18,20)/t10-,12-/m0/s1. The number of esters is 1. The van der Waals surface area contributed by atoms with Gasteiger partial charge < -0.3 is 21.1 Å². The van der Waals surface area contributed by atoms with Gasteiger partial charge in [-0.1, -0.05) is 30.3 Å². The molecule has 0 aliphatic rings. The van der Waals surface area contributed by atoms with Crippen LogP contribution in [0.5, 0.6) is 0 Å². The van der Waals surface area contributed by atoms with E-state index < -0.39 is 29.9 Å². The number of methoxy groups -OCH3 is 1. The van der Waals surface area contributed by atoms with E-state index in [0.717, 1.165) is 5.56 Å². The summed E-state index contributed by atoms with van der Waals surface area (Å²) in [5.74, 6) is -1.47. The van der Waals surface area contributed by atoms with Crippen molar-refractivity contribution in [2.75, 3.05) is 13.7 Å². The molecule has 0 radical (unpaired) electrons. The van der Waals surface area contributed by atoms with Crippen molar-refractivity contribution < 1.29 is 19.1 Å². The zero-order valence-corrected chi connectivity index (χ0v) is 12.7. The number of nitrogens with one attached hydrogen (secondary N) is 2. The van der Waals surface area contributed by atoms with Gasteiger partial charge in [0.25, 0.3) is 0 Å². The lowest BCUT2D eigenvalue weighted by atomic mass is 10.0. The lowest BCUT2D eigenvalue weighted by Gasteiger charge is -2.19. The molecular formula is C15H21N3O4. The summed E-state index contributed by atoms with van der Waals surface area (Å²) in [6.45, 7) is 1.27. The molecule has 2 amide bonds. The molecule has 120 valence electrons. The number of benzene rings is 1. The fourth-order valence-corrected chi connectivity index (χ4v) is 1.72. The SMILES string of the molecule is COC(=O)CNC(=O)[C@H](Cc1ccccc1)NC(=O)[C@H](C)N. The number of amides is 2. The van der Waals surface area contributed by atoms with E-state index in [1.807, 2.05) is 30.3 Å². The average Bonchev–Trinajstić information content (AvgIpc) is 2.52. The van der Waals surface area contributed by atoms with Crippen LogP contribution in [0.15, 0.2) is 30.3 Å². The molecule has 22 heavy (non-hydrogen) atoms. The Morgan fingerprint density at radius 2 is 1.82 bits per heavy atom. The molecule has 0 fully saturated rings. The van der Waals surface area contributed by atoms with Crippen molar-refractivity contribution in [1.29, 1.82) is 0 Å². The Hall–Kier alpha value is -2.41. The second-order valence-electron chi connectivity index (χ2n) is 4.83. The van der Waals surface area contributed by atoms with Crippen molar-refractivity contribution in [3.8, 4) is 0 Å². The third-order valence-corrected chi connectivity index (χ3v) is 2.96. The Morgan fingerprint density at radius 1 is 1.18 bits per heavy atom. The van der Waals surface area contributed by atoms with Gasteiger partial charge in [0.05, 0.1) is 13.2 Å². The molecule has 0 aliphatic heterocycles. The summed E-state index contributed by atoms with van der Waals surface area (Å²) in [5, 5.41) is 5.01. The Balaban J connectivity index is 2.74. The molecule has 4 N–H and O–H groups in total. The van der Waals surface area contributed by atoms with Gasteiger partial charge in [0.1, 0.15) is 12.6 Å². The van der Waals surface area contributed by atoms with Crippen molar-refractivity contribution in [3.63, 3.8) is 0 Å². The largest absolute Gasteiger partial charge is 0.468 e. The Labute approximate surface area is 129 Å². The summed E-state index contributed by atoms with van der Waals surface area (Å²) in [7, 11) is 1.23. The molecule has 0 unspecified atom stereocenters. The maximum Gasteiger partial charge on any atom is 0.325 e. The third kappa shape index (κ3) is 5.92. The predicted octanol–water partition coefficient (Wildman–Crippen LogP) is -0.650. The van der Waals surface area contributed by atoms with Gasteiger partial charge in [-0.15, -0.1) is 0 Å². The van der Waals surface area contributed by atoms with Crippen LogP contribution in [0.25, 0.3) is 0 Å². The van der Waals surface area contributed by atoms with E-state index in [1.54, 1.807) is 0 Å². The lowest BCUT2D eigenvalue weighted by molar-refractivity contribution is -0.141. The van der Waals surface area contributed by atoms with Gasteiger partial charge in [-0.25, -0.2) is 0 Å². The van der Waals surface area contributed by atoms with E-state index in [1.165, 1.54) is 14.0 Å². The Morgan fingerprint density at radius 3 is 2.36 bits per heavy atom. The zero-order valence-electron chi connectivity index (χ0n) is 12.7. The summed E-state index contributed by atoms with van der Waals surface area (Å²) in [5.41, 5.74) is 6.38. The van der Waals surface area contributed by atoms with Gasteiger partial charge in [0, 0.05) is 6.42 Å². The number of carbonyl (C=O) groups is 3. The Bertz CT molecular complexity index is 517. The maximum absolute atomic E-state index is 12.2. The second-order valence-corrected chi connectivity index (χ2v) is 4.83. The van der Waals surface area contributed by atoms with Gasteiger partial charge in [0.15, 0.2) is 0 Å². The zero-order chi connectivity index (χ0) is 16.5. The van der Waals surface area contributed by atoms with Crippen LogP contribution in [0.4, 0.5) is 0 Å². The molecule has 7 nitrogen and oxygen atoms in total. The van der Waals surface area contributed by atoms with E-state index in [4.69, 9.17) is 5.73 Å². The highest BCUT2D eigenvalue weighted by Gasteiger charge is 2.23. The summed E-state index contributed by atoms with van der Waals surface area (Å²) in [6.07, 6.45) is 0.298. The number of hydrogen-bond acceptors (Lipinski definition) is 5. The van der Waals surface area contributed by atoms with Gasteiger partial charge in [0.2, 0.25) is 11.8 Å². The fraction of sp³-hybridized carbons (Fsp3) is 0.400. The highest BCUT2D eigenvalue weighted by atomic mass is 16.5. The molecule has 0 bridgehead atoms. The average molecular weight is 307 g/mol. The Kier molecular flexibility index (Phi) is 7.04. The minimum Gasteiger partial charge on any atom is -0.468 e. The molecule has 2 atom stereocenters. The van der Waals surface area contributed by atoms with E-state index in [2.05, 4.69) is 15.4 Å². The molecule has 1 rings (SSSR count). The number of ether oxygens (including phenoxy) is 1. The molecule has 0 saturated heterocycles. The van der Waals surface area contributed by atoms with Crippen LogP contribution in [0.1, 0.15) is 12.5 Å². The summed E-state index contributed by atoms with van der Waals surface area (Å²) in [4.78, 5) is 35.0. The second kappa shape index (κ2) is 8.78. The topological polar surface area (TPSA) is 111 Å². The molecule has 1 aromatic rings. The number of carbonyl (C=O) groups excluding carboxylic acids is 3. The predicted molar refractivity (Wildman–Crippen MR) is 80.8 cm³/mol. The molecule has 0 spiro atoms. The molecule has 0 saturated carbocycles. The van der Waals surface area contributed by atoms with E-state index in [9.17, 15) is 14.4 Å². The van der Waals surface area contributed by atoms with Crippen LogP contribution in [0, 0.1) is 0 Å².